The Labute approximate surface area is 187 Å². The fraction of sp³-hybridized carbons (Fsp3) is 0.318. The monoisotopic (exact) mass is 457 g/mol. The van der Waals surface area contributed by atoms with Gasteiger partial charge in [-0.1, -0.05) is 36.4 Å². The van der Waals surface area contributed by atoms with E-state index in [4.69, 9.17) is 25.8 Å². The zero-order valence-corrected chi connectivity index (χ0v) is 17.6. The second-order valence-electron chi connectivity index (χ2n) is 7.65. The molecule has 2 aliphatic heterocycles. The Bertz CT molecular complexity index is 1170. The molecule has 0 radical (unpaired) electrons. The molecule has 166 valence electrons. The molecule has 1 aliphatic carbocycles. The predicted molar refractivity (Wildman–Crippen MR) is 114 cm³/mol. The number of carbonyl (C=O) groups excluding carboxylic acids is 2. The molecule has 32 heavy (non-hydrogen) atoms. The number of imidazole rings is 1. The van der Waals surface area contributed by atoms with Gasteiger partial charge in [0.05, 0.1) is 17.7 Å². The van der Waals surface area contributed by atoms with E-state index in [2.05, 4.69) is 10.3 Å². The van der Waals surface area contributed by atoms with Gasteiger partial charge in [-0.25, -0.2) is 14.4 Å². The summed E-state index contributed by atoms with van der Waals surface area (Å²) in [5.74, 6) is -3.36. The van der Waals surface area contributed by atoms with Gasteiger partial charge in [0, 0.05) is 30.8 Å². The van der Waals surface area contributed by atoms with Crippen LogP contribution >= 0.6 is 11.6 Å². The minimum Gasteiger partial charge on any atom is -0.436 e. The summed E-state index contributed by atoms with van der Waals surface area (Å²) in [5.41, 5.74) is 1.44. The molecule has 10 heteroatoms. The first kappa shape index (κ1) is 20.7. The van der Waals surface area contributed by atoms with Crippen molar-refractivity contribution in [2.45, 2.75) is 29.9 Å². The fourth-order valence-corrected chi connectivity index (χ4v) is 4.57. The third-order valence-corrected chi connectivity index (χ3v) is 5.95. The number of hydrogen-bond acceptors (Lipinski definition) is 7. The van der Waals surface area contributed by atoms with Gasteiger partial charge in [0.15, 0.2) is 0 Å². The number of alkyl halides is 1. The summed E-state index contributed by atoms with van der Waals surface area (Å²) in [6.45, 7) is 0.517. The highest BCUT2D eigenvalue weighted by atomic mass is 35.5. The number of aromatic amines is 1. The van der Waals surface area contributed by atoms with Crippen LogP contribution in [0.1, 0.15) is 23.0 Å². The number of benzene rings is 1. The third-order valence-electron chi connectivity index (χ3n) is 5.65. The number of halogens is 1. The third kappa shape index (κ3) is 3.48. The van der Waals surface area contributed by atoms with Crippen LogP contribution in [0.15, 0.2) is 53.4 Å². The molecule has 2 aromatic rings. The maximum atomic E-state index is 13.2. The number of carbonyl (C=O) groups is 2. The van der Waals surface area contributed by atoms with Crippen molar-refractivity contribution in [3.8, 4) is 0 Å². The Hall–Kier alpha value is -3.14. The highest BCUT2D eigenvalue weighted by molar-refractivity contribution is 6.22. The number of ether oxygens (including phenoxy) is 3. The first-order chi connectivity index (χ1) is 15.5. The summed E-state index contributed by atoms with van der Waals surface area (Å²) in [5, 5.41) is 2.74. The second-order valence-corrected chi connectivity index (χ2v) is 8.21. The summed E-state index contributed by atoms with van der Waals surface area (Å²) in [7, 11) is 0. The molecule has 4 unspecified atom stereocenters. The molecule has 9 nitrogen and oxygen atoms in total. The first-order valence-corrected chi connectivity index (χ1v) is 10.6. The first-order valence-electron chi connectivity index (χ1n) is 10.2. The number of fused-ring (bicyclic) bond motifs is 2. The number of nitrogens with one attached hydrogen (secondary N) is 2. The van der Waals surface area contributed by atoms with Crippen LogP contribution < -0.4 is 11.0 Å². The molecule has 4 atom stereocenters. The van der Waals surface area contributed by atoms with Crippen LogP contribution in [0.3, 0.4) is 0 Å². The zero-order valence-electron chi connectivity index (χ0n) is 16.8. The number of aromatic nitrogens is 2. The van der Waals surface area contributed by atoms with Crippen molar-refractivity contribution in [3.63, 3.8) is 0 Å². The Morgan fingerprint density at radius 2 is 1.88 bits per heavy atom. The molecule has 0 saturated carbocycles. The molecule has 1 saturated heterocycles. The van der Waals surface area contributed by atoms with E-state index in [1.807, 2.05) is 6.07 Å². The lowest BCUT2D eigenvalue weighted by Crippen LogP contribution is -2.66. The Morgan fingerprint density at radius 3 is 2.69 bits per heavy atom. The van der Waals surface area contributed by atoms with E-state index in [-0.39, 0.29) is 12.0 Å². The van der Waals surface area contributed by atoms with Crippen molar-refractivity contribution in [3.05, 3.63) is 76.0 Å². The van der Waals surface area contributed by atoms with Crippen molar-refractivity contribution in [1.29, 1.82) is 0 Å². The lowest BCUT2D eigenvalue weighted by atomic mass is 9.93. The average molecular weight is 458 g/mol. The molecule has 0 bridgehead atoms. The molecule has 3 aliphatic rings. The summed E-state index contributed by atoms with van der Waals surface area (Å²) < 4.78 is 19.0. The van der Waals surface area contributed by atoms with Crippen molar-refractivity contribution in [2.75, 3.05) is 13.2 Å². The lowest BCUT2D eigenvalue weighted by molar-refractivity contribution is -0.307. The molecule has 0 spiro atoms. The van der Waals surface area contributed by atoms with E-state index >= 15 is 0 Å². The highest BCUT2D eigenvalue weighted by Crippen LogP contribution is 2.41. The van der Waals surface area contributed by atoms with Gasteiger partial charge in [-0.15, -0.1) is 11.6 Å². The summed E-state index contributed by atoms with van der Waals surface area (Å²) in [6, 6.07) is 8.04. The van der Waals surface area contributed by atoms with E-state index in [0.29, 0.717) is 29.9 Å². The van der Waals surface area contributed by atoms with Gasteiger partial charge >= 0.3 is 17.6 Å². The van der Waals surface area contributed by atoms with Gasteiger partial charge < -0.3 is 19.2 Å². The SMILES string of the molecule is O=C1/C=C\C(=O)OC2(C(c3ccccc3)n3c4c([nH]c3=O)C=CC(Cl)C4)OCCNC2O1. The van der Waals surface area contributed by atoms with E-state index in [1.54, 1.807) is 36.4 Å². The number of nitrogens with zero attached hydrogens (tertiary/aromatic N) is 1. The predicted octanol–water partition coefficient (Wildman–Crippen LogP) is 1.24. The average Bonchev–Trinajstić information content (AvgIpc) is 3.09. The molecule has 2 N–H and O–H groups in total. The molecule has 1 fully saturated rings. The van der Waals surface area contributed by atoms with Gasteiger partial charge in [-0.05, 0) is 11.6 Å². The van der Waals surface area contributed by atoms with Crippen molar-refractivity contribution in [1.82, 2.24) is 14.9 Å². The zero-order chi connectivity index (χ0) is 22.3. The molecular formula is C22H20ClN3O6. The number of hydrogen-bond donors (Lipinski definition) is 2. The quantitative estimate of drug-likeness (QED) is 0.527. The largest absolute Gasteiger partial charge is 0.436 e. The van der Waals surface area contributed by atoms with Crippen LogP contribution in [0, 0.1) is 0 Å². The molecule has 5 rings (SSSR count). The van der Waals surface area contributed by atoms with Gasteiger partial charge in [-0.2, -0.15) is 0 Å². The standard InChI is InChI=1S/C22H20ClN3O6/c23-14-6-7-15-16(12-14)26(21(29)25-15)19(13-4-2-1-3-5-13)22-20(24-10-11-30-22)31-17(27)8-9-18(28)32-22/h1-9,14,19-20,24H,10-12H2,(H,25,29)/b9-8-. The lowest BCUT2D eigenvalue weighted by Gasteiger charge is -2.47. The Morgan fingerprint density at radius 1 is 1.09 bits per heavy atom. The molecule has 3 heterocycles. The Kier molecular flexibility index (Phi) is 5.24. The fourth-order valence-electron chi connectivity index (χ4n) is 4.36. The van der Waals surface area contributed by atoms with E-state index in [0.717, 1.165) is 12.2 Å². The Balaban J connectivity index is 1.76. The minimum atomic E-state index is -1.85. The number of allylic oxidation sites excluding steroid dienone is 1. The number of morpholine rings is 1. The molecular weight excluding hydrogens is 438 g/mol. The van der Waals surface area contributed by atoms with Gasteiger partial charge in [0.25, 0.3) is 5.79 Å². The van der Waals surface area contributed by atoms with Gasteiger partial charge in [0.2, 0.25) is 6.23 Å². The summed E-state index contributed by atoms with van der Waals surface area (Å²) >= 11 is 6.36. The molecule has 1 aromatic heterocycles. The molecule has 1 aromatic carbocycles. The smallest absolute Gasteiger partial charge is 0.333 e. The van der Waals surface area contributed by atoms with Gasteiger partial charge in [0.1, 0.15) is 6.04 Å². The number of esters is 2. The maximum absolute atomic E-state index is 13.2. The van der Waals surface area contributed by atoms with Gasteiger partial charge in [-0.3, -0.25) is 9.88 Å². The van der Waals surface area contributed by atoms with Crippen molar-refractivity contribution >= 4 is 29.6 Å². The van der Waals surface area contributed by atoms with E-state index < -0.39 is 35.7 Å². The maximum Gasteiger partial charge on any atom is 0.333 e. The summed E-state index contributed by atoms with van der Waals surface area (Å²) in [4.78, 5) is 40.9. The number of H-pyrrole nitrogens is 1. The molecule has 0 amide bonds. The minimum absolute atomic E-state index is 0.160. The summed E-state index contributed by atoms with van der Waals surface area (Å²) in [6.07, 6.45) is 4.73. The van der Waals surface area contributed by atoms with Crippen molar-refractivity contribution in [2.24, 2.45) is 0 Å². The second kappa shape index (κ2) is 8.09. The number of rotatable bonds is 3. The van der Waals surface area contributed by atoms with Crippen LogP contribution in [-0.2, 0) is 30.2 Å². The normalized spacial score (nSPS) is 29.0. The van der Waals surface area contributed by atoms with Crippen LogP contribution in [0.25, 0.3) is 6.08 Å². The van der Waals surface area contributed by atoms with Crippen LogP contribution in [0.2, 0.25) is 0 Å². The van der Waals surface area contributed by atoms with Crippen molar-refractivity contribution < 1.29 is 23.8 Å². The van der Waals surface area contributed by atoms with E-state index in [1.165, 1.54) is 4.57 Å². The van der Waals surface area contributed by atoms with Crippen LogP contribution in [0.4, 0.5) is 0 Å². The van der Waals surface area contributed by atoms with Crippen LogP contribution in [-0.4, -0.2) is 52.0 Å². The highest BCUT2D eigenvalue weighted by Gasteiger charge is 2.57. The van der Waals surface area contributed by atoms with Crippen LogP contribution in [0.5, 0.6) is 0 Å². The topological polar surface area (TPSA) is 112 Å². The van der Waals surface area contributed by atoms with E-state index in [9.17, 15) is 14.4 Å².